The molecule has 2 amide bonds. The maximum absolute atomic E-state index is 13.5. The first-order chi connectivity index (χ1) is 15.7. The summed E-state index contributed by atoms with van der Waals surface area (Å²) in [6.45, 7) is 3.88. The first-order valence-electron chi connectivity index (χ1n) is 13.5. The normalized spacial score (nSPS) is 47.9. The van der Waals surface area contributed by atoms with E-state index in [9.17, 15) is 9.59 Å². The molecule has 2 N–H and O–H groups in total. The summed E-state index contributed by atoms with van der Waals surface area (Å²) < 4.78 is 0. The number of carbonyl (C=O) groups is 2. The monoisotopic (exact) mass is 450 g/mol. The molecule has 0 aromatic heterocycles. The highest BCUT2D eigenvalue weighted by molar-refractivity contribution is 6.55. The molecule has 6 nitrogen and oxygen atoms in total. The Kier molecular flexibility index (Phi) is 4.19. The topological polar surface area (TPSA) is 82.9 Å². The molecule has 33 heavy (non-hydrogen) atoms. The van der Waals surface area contributed by atoms with Crippen molar-refractivity contribution in [3.63, 3.8) is 0 Å². The van der Waals surface area contributed by atoms with Gasteiger partial charge in [0.2, 0.25) is 0 Å². The van der Waals surface area contributed by atoms with Gasteiger partial charge >= 0.3 is 0 Å². The lowest BCUT2D eigenvalue weighted by molar-refractivity contribution is -0.121. The molecule has 0 saturated heterocycles. The van der Waals surface area contributed by atoms with E-state index in [4.69, 9.17) is 0 Å². The summed E-state index contributed by atoms with van der Waals surface area (Å²) in [7, 11) is 0. The molecular formula is C27H38N4O2. The average molecular weight is 451 g/mol. The van der Waals surface area contributed by atoms with Crippen molar-refractivity contribution in [2.45, 2.75) is 102 Å². The first-order valence-corrected chi connectivity index (χ1v) is 13.5. The van der Waals surface area contributed by atoms with Crippen molar-refractivity contribution in [3.05, 3.63) is 0 Å². The molecule has 8 aliphatic carbocycles. The van der Waals surface area contributed by atoms with Crippen molar-refractivity contribution in [2.75, 3.05) is 0 Å². The molecule has 0 spiro atoms. The highest BCUT2D eigenvalue weighted by Gasteiger charge is 2.55. The summed E-state index contributed by atoms with van der Waals surface area (Å²) in [5.74, 6) is 4.41. The molecule has 1 aliphatic heterocycles. The van der Waals surface area contributed by atoms with E-state index >= 15 is 0 Å². The molecule has 0 radical (unpaired) electrons. The standard InChI is InChI=1S/C27H38N4O2/c1-25(2)21(23(32)28-26-9-15-3-16(10-26)5-17(4-15)11-26)30-31-22(25)24(33)29-27-12-18-6-19(13-27)8-20(7-18)14-27/h15-20H,3-14H2,1-2H3,(H,28,32)(H,29,33). The molecule has 8 fully saturated rings. The van der Waals surface area contributed by atoms with E-state index in [1.165, 1.54) is 38.5 Å². The van der Waals surface area contributed by atoms with E-state index in [0.29, 0.717) is 11.4 Å². The number of rotatable bonds is 4. The molecule has 1 heterocycles. The van der Waals surface area contributed by atoms with E-state index in [1.54, 1.807) is 0 Å². The van der Waals surface area contributed by atoms with Gasteiger partial charge in [0.15, 0.2) is 0 Å². The minimum atomic E-state index is -0.765. The van der Waals surface area contributed by atoms with Crippen LogP contribution in [0, 0.1) is 40.9 Å². The Bertz CT molecular complexity index is 830. The van der Waals surface area contributed by atoms with E-state index in [0.717, 1.165) is 74.0 Å². The van der Waals surface area contributed by atoms with Crippen LogP contribution in [0.15, 0.2) is 10.2 Å². The van der Waals surface area contributed by atoms with Gasteiger partial charge in [0.05, 0.1) is 5.41 Å². The van der Waals surface area contributed by atoms with Crippen LogP contribution in [-0.2, 0) is 9.59 Å². The quantitative estimate of drug-likeness (QED) is 0.679. The van der Waals surface area contributed by atoms with Crippen LogP contribution in [-0.4, -0.2) is 34.3 Å². The SMILES string of the molecule is CC1(C)C(C(=O)NC23CC4CC(CC(C4)C2)C3)=NN=C1C(=O)NC12CC3CC(CC(C3)C1)C2. The Balaban J connectivity index is 1.05. The fourth-order valence-electron chi connectivity index (χ4n) is 10.2. The highest BCUT2D eigenvalue weighted by Crippen LogP contribution is 2.57. The lowest BCUT2D eigenvalue weighted by Crippen LogP contribution is -2.63. The lowest BCUT2D eigenvalue weighted by atomic mass is 9.53. The van der Waals surface area contributed by atoms with E-state index < -0.39 is 5.41 Å². The molecule has 0 aromatic carbocycles. The van der Waals surface area contributed by atoms with Gasteiger partial charge < -0.3 is 10.6 Å². The second kappa shape index (κ2) is 6.69. The summed E-state index contributed by atoms with van der Waals surface area (Å²) in [4.78, 5) is 27.0. The van der Waals surface area contributed by atoms with Gasteiger partial charge in [-0.25, -0.2) is 0 Å². The van der Waals surface area contributed by atoms with Crippen molar-refractivity contribution in [3.8, 4) is 0 Å². The predicted molar refractivity (Wildman–Crippen MR) is 127 cm³/mol. The Morgan fingerprint density at radius 1 is 0.606 bits per heavy atom. The zero-order valence-corrected chi connectivity index (χ0v) is 20.2. The van der Waals surface area contributed by atoms with Crippen LogP contribution >= 0.6 is 0 Å². The third-order valence-corrected chi connectivity index (χ3v) is 10.7. The lowest BCUT2D eigenvalue weighted by Gasteiger charge is -2.57. The predicted octanol–water partition coefficient (Wildman–Crippen LogP) is 3.99. The van der Waals surface area contributed by atoms with Gasteiger partial charge in [0.25, 0.3) is 11.8 Å². The summed E-state index contributed by atoms with van der Waals surface area (Å²) in [6, 6.07) is 0. The van der Waals surface area contributed by atoms with Gasteiger partial charge in [-0.2, -0.15) is 0 Å². The number of nitrogens with zero attached hydrogens (tertiary/aromatic N) is 2. The fraction of sp³-hybridized carbons (Fsp3) is 0.852. The largest absolute Gasteiger partial charge is 0.345 e. The maximum atomic E-state index is 13.5. The summed E-state index contributed by atoms with van der Waals surface area (Å²) in [5, 5.41) is 15.5. The molecule has 0 atom stereocenters. The van der Waals surface area contributed by atoms with Crippen LogP contribution in [0.25, 0.3) is 0 Å². The van der Waals surface area contributed by atoms with Gasteiger partial charge in [0, 0.05) is 11.1 Å². The second-order valence-corrected chi connectivity index (χ2v) is 13.8. The number of amides is 2. The molecule has 178 valence electrons. The Hall–Kier alpha value is -1.72. The molecule has 9 rings (SSSR count). The molecule has 8 saturated carbocycles. The van der Waals surface area contributed by atoms with E-state index in [-0.39, 0.29) is 22.9 Å². The molecular weight excluding hydrogens is 412 g/mol. The van der Waals surface area contributed by atoms with Crippen molar-refractivity contribution in [2.24, 2.45) is 51.1 Å². The Morgan fingerprint density at radius 2 is 0.879 bits per heavy atom. The second-order valence-electron chi connectivity index (χ2n) is 13.8. The van der Waals surface area contributed by atoms with Crippen LogP contribution in [0.2, 0.25) is 0 Å². The van der Waals surface area contributed by atoms with Crippen LogP contribution in [0.4, 0.5) is 0 Å². The van der Waals surface area contributed by atoms with Crippen molar-refractivity contribution in [1.82, 2.24) is 10.6 Å². The van der Waals surface area contributed by atoms with E-state index in [2.05, 4.69) is 20.8 Å². The Labute approximate surface area is 196 Å². The van der Waals surface area contributed by atoms with Crippen molar-refractivity contribution >= 4 is 23.2 Å². The average Bonchev–Trinajstić information content (AvgIpc) is 3.00. The molecule has 0 unspecified atom stereocenters. The minimum absolute atomic E-state index is 0.0609. The van der Waals surface area contributed by atoms with Crippen LogP contribution in [0.3, 0.4) is 0 Å². The summed E-state index contributed by atoms with van der Waals surface area (Å²) >= 11 is 0. The number of carbonyl (C=O) groups excluding carboxylic acids is 2. The fourth-order valence-corrected chi connectivity index (χ4v) is 10.2. The zero-order valence-electron chi connectivity index (χ0n) is 20.2. The zero-order chi connectivity index (χ0) is 22.6. The Morgan fingerprint density at radius 3 is 1.15 bits per heavy atom. The number of hydrogen-bond acceptors (Lipinski definition) is 4. The number of hydrogen-bond donors (Lipinski definition) is 2. The third kappa shape index (κ3) is 3.18. The summed E-state index contributed by atoms with van der Waals surface area (Å²) in [6.07, 6.45) is 14.7. The molecule has 0 aromatic rings. The summed E-state index contributed by atoms with van der Waals surface area (Å²) in [5.41, 5.74) is -0.0648. The molecule has 6 heteroatoms. The van der Waals surface area contributed by atoms with Crippen LogP contribution in [0.5, 0.6) is 0 Å². The van der Waals surface area contributed by atoms with Crippen molar-refractivity contribution < 1.29 is 9.59 Å². The first kappa shape index (κ1) is 20.6. The van der Waals surface area contributed by atoms with E-state index in [1.807, 2.05) is 13.8 Å². The highest BCUT2D eigenvalue weighted by atomic mass is 16.2. The van der Waals surface area contributed by atoms with Gasteiger partial charge in [0.1, 0.15) is 11.4 Å². The van der Waals surface area contributed by atoms with Gasteiger partial charge in [-0.15, -0.1) is 10.2 Å². The van der Waals surface area contributed by atoms with Crippen LogP contribution in [0.1, 0.15) is 90.9 Å². The molecule has 8 bridgehead atoms. The van der Waals surface area contributed by atoms with Gasteiger partial charge in [-0.3, -0.25) is 9.59 Å². The van der Waals surface area contributed by atoms with Crippen LogP contribution < -0.4 is 10.6 Å². The van der Waals surface area contributed by atoms with Gasteiger partial charge in [-0.1, -0.05) is 0 Å². The van der Waals surface area contributed by atoms with Gasteiger partial charge in [-0.05, 0) is 126 Å². The molecule has 9 aliphatic rings. The van der Waals surface area contributed by atoms with Crippen molar-refractivity contribution in [1.29, 1.82) is 0 Å². The minimum Gasteiger partial charge on any atom is -0.345 e. The third-order valence-electron chi connectivity index (χ3n) is 10.7. The number of nitrogens with one attached hydrogen (secondary N) is 2. The smallest absolute Gasteiger partial charge is 0.268 e. The maximum Gasteiger partial charge on any atom is 0.268 e.